The fourth-order valence-electron chi connectivity index (χ4n) is 2.20. The number of oxazole rings is 1. The van der Waals surface area contributed by atoms with Crippen LogP contribution in [-0.2, 0) is 14.8 Å². The number of hydrogen-bond acceptors (Lipinski definition) is 7. The molecule has 0 saturated carbocycles. The van der Waals surface area contributed by atoms with Crippen LogP contribution in [0.5, 0.6) is 0 Å². The van der Waals surface area contributed by atoms with Gasteiger partial charge in [0.05, 0.1) is 16.2 Å². The third-order valence-electron chi connectivity index (χ3n) is 3.92. The molecule has 2 aromatic heterocycles. The van der Waals surface area contributed by atoms with E-state index in [0.717, 1.165) is 4.31 Å². The van der Waals surface area contributed by atoms with Crippen molar-refractivity contribution < 1.29 is 17.6 Å². The summed E-state index contributed by atoms with van der Waals surface area (Å²) in [5.41, 5.74) is 0.595. The fourth-order valence-corrected chi connectivity index (χ4v) is 4.22. The van der Waals surface area contributed by atoms with Crippen molar-refractivity contribution in [1.29, 1.82) is 0 Å². The summed E-state index contributed by atoms with van der Waals surface area (Å²) in [6.07, 6.45) is 0. The summed E-state index contributed by atoms with van der Waals surface area (Å²) in [7, 11) is -0.630. The lowest BCUT2D eigenvalue weighted by Crippen LogP contribution is -2.22. The number of rotatable bonds is 5. The summed E-state index contributed by atoms with van der Waals surface area (Å²) in [6, 6.07) is 4.61. The molecule has 0 aliphatic carbocycles. The number of ketones is 1. The Kier molecular flexibility index (Phi) is 4.62. The molecule has 3 aromatic rings. The zero-order valence-electron chi connectivity index (χ0n) is 15.2. The van der Waals surface area contributed by atoms with Gasteiger partial charge in [-0.1, -0.05) is 37.6 Å². The highest BCUT2D eigenvalue weighted by molar-refractivity contribution is 7.99. The molecule has 0 N–H and O–H groups in total. The molecule has 0 aliphatic heterocycles. The molecule has 26 heavy (non-hydrogen) atoms. The molecular weight excluding hydrogens is 376 g/mol. The highest BCUT2D eigenvalue weighted by atomic mass is 32.2. The van der Waals surface area contributed by atoms with Crippen LogP contribution in [0.1, 0.15) is 20.8 Å². The first-order valence-corrected chi connectivity index (χ1v) is 10.3. The number of benzene rings is 1. The molecule has 0 atom stereocenters. The van der Waals surface area contributed by atoms with Crippen molar-refractivity contribution in [2.75, 3.05) is 19.8 Å². The Morgan fingerprint density at radius 3 is 2.58 bits per heavy atom. The van der Waals surface area contributed by atoms with E-state index in [-0.39, 0.29) is 22.3 Å². The predicted octanol–water partition coefficient (Wildman–Crippen LogP) is 2.43. The van der Waals surface area contributed by atoms with Gasteiger partial charge in [-0.05, 0) is 18.2 Å². The third kappa shape index (κ3) is 3.24. The number of sulfonamides is 1. The third-order valence-corrected chi connectivity index (χ3v) is 6.66. The first-order valence-electron chi connectivity index (χ1n) is 7.88. The molecule has 0 fully saturated rings. The minimum absolute atomic E-state index is 0.0860. The van der Waals surface area contributed by atoms with E-state index >= 15 is 0 Å². The Hall–Kier alpha value is -1.91. The van der Waals surface area contributed by atoms with Gasteiger partial charge in [-0.3, -0.25) is 4.79 Å². The standard InChI is InChI=1S/C16H20N4O4S2/c1-16(2,3)13(21)9-25-15-18-17-14-20(15)11-8-10(6-7-12(11)24-14)26(22,23)19(4)5/h6-8H,9H2,1-5H3. The summed E-state index contributed by atoms with van der Waals surface area (Å²) in [4.78, 5) is 12.3. The Bertz CT molecular complexity index is 1090. The van der Waals surface area contributed by atoms with Gasteiger partial charge in [0.1, 0.15) is 5.78 Å². The average molecular weight is 396 g/mol. The van der Waals surface area contributed by atoms with Gasteiger partial charge in [-0.15, -0.1) is 5.10 Å². The number of carbonyl (C=O) groups excluding carboxylic acids is 1. The second kappa shape index (κ2) is 6.36. The van der Waals surface area contributed by atoms with Crippen LogP contribution in [0.2, 0.25) is 0 Å². The lowest BCUT2D eigenvalue weighted by Gasteiger charge is -2.15. The van der Waals surface area contributed by atoms with E-state index in [1.807, 2.05) is 20.8 Å². The van der Waals surface area contributed by atoms with Gasteiger partial charge in [-0.2, -0.15) is 0 Å². The van der Waals surface area contributed by atoms with E-state index in [4.69, 9.17) is 4.42 Å². The number of hydrogen-bond donors (Lipinski definition) is 0. The highest BCUT2D eigenvalue weighted by Gasteiger charge is 2.24. The molecule has 8 nitrogen and oxygen atoms in total. The molecule has 2 heterocycles. The molecule has 0 radical (unpaired) electrons. The van der Waals surface area contributed by atoms with Crippen molar-refractivity contribution in [3.05, 3.63) is 18.2 Å². The Morgan fingerprint density at radius 2 is 1.96 bits per heavy atom. The fraction of sp³-hybridized carbons (Fsp3) is 0.438. The number of nitrogens with zero attached hydrogens (tertiary/aromatic N) is 4. The maximum atomic E-state index is 12.4. The summed E-state index contributed by atoms with van der Waals surface area (Å²) in [5.74, 6) is 0.583. The molecule has 140 valence electrons. The maximum absolute atomic E-state index is 12.4. The van der Waals surface area contributed by atoms with Gasteiger partial charge >= 0.3 is 5.84 Å². The maximum Gasteiger partial charge on any atom is 0.328 e. The van der Waals surface area contributed by atoms with E-state index in [2.05, 4.69) is 10.2 Å². The minimum Gasteiger partial charge on any atom is -0.422 e. The smallest absolute Gasteiger partial charge is 0.328 e. The van der Waals surface area contributed by atoms with E-state index in [0.29, 0.717) is 16.3 Å². The first-order chi connectivity index (χ1) is 12.0. The van der Waals surface area contributed by atoms with E-state index < -0.39 is 15.4 Å². The molecule has 0 saturated heterocycles. The van der Waals surface area contributed by atoms with Gasteiger partial charge in [-0.25, -0.2) is 17.1 Å². The topological polar surface area (TPSA) is 97.8 Å². The van der Waals surface area contributed by atoms with Crippen molar-refractivity contribution in [2.24, 2.45) is 5.41 Å². The second-order valence-corrected chi connectivity index (χ2v) is 10.2. The SMILES string of the molecule is CN(C)S(=O)(=O)c1ccc2oc3nnc(SCC(=O)C(C)(C)C)n3c2c1. The largest absolute Gasteiger partial charge is 0.422 e. The number of thioether (sulfide) groups is 1. The van der Waals surface area contributed by atoms with Gasteiger partial charge in [0, 0.05) is 19.5 Å². The van der Waals surface area contributed by atoms with Crippen molar-refractivity contribution in [1.82, 2.24) is 18.9 Å². The molecule has 10 heteroatoms. The van der Waals surface area contributed by atoms with Crippen LogP contribution >= 0.6 is 11.8 Å². The Morgan fingerprint density at radius 1 is 1.27 bits per heavy atom. The van der Waals surface area contributed by atoms with E-state index in [1.165, 1.54) is 38.0 Å². The van der Waals surface area contributed by atoms with Crippen LogP contribution in [0.4, 0.5) is 0 Å². The molecule has 0 unspecified atom stereocenters. The molecule has 3 rings (SSSR count). The van der Waals surface area contributed by atoms with Crippen LogP contribution in [0.15, 0.2) is 32.7 Å². The highest BCUT2D eigenvalue weighted by Crippen LogP contribution is 2.29. The summed E-state index contributed by atoms with van der Waals surface area (Å²) in [5, 5.41) is 8.52. The molecule has 0 spiro atoms. The average Bonchev–Trinajstić information content (AvgIpc) is 3.09. The van der Waals surface area contributed by atoms with E-state index in [9.17, 15) is 13.2 Å². The van der Waals surface area contributed by atoms with Crippen LogP contribution in [0.3, 0.4) is 0 Å². The van der Waals surface area contributed by atoms with Crippen molar-refractivity contribution in [3.8, 4) is 0 Å². The summed E-state index contributed by atoms with van der Waals surface area (Å²) in [6.45, 7) is 5.59. The number of aromatic nitrogens is 3. The summed E-state index contributed by atoms with van der Waals surface area (Å²) < 4.78 is 33.2. The number of Topliss-reactive ketones (excluding diaryl/α,β-unsaturated/α-hetero) is 1. The Labute approximate surface area is 155 Å². The zero-order chi connectivity index (χ0) is 19.3. The van der Waals surface area contributed by atoms with Gasteiger partial charge in [0.15, 0.2) is 10.7 Å². The zero-order valence-corrected chi connectivity index (χ0v) is 16.8. The van der Waals surface area contributed by atoms with Gasteiger partial charge < -0.3 is 4.42 Å². The quantitative estimate of drug-likeness (QED) is 0.611. The van der Waals surface area contributed by atoms with Crippen molar-refractivity contribution in [2.45, 2.75) is 30.8 Å². The van der Waals surface area contributed by atoms with E-state index in [1.54, 1.807) is 10.5 Å². The van der Waals surface area contributed by atoms with Crippen LogP contribution in [0.25, 0.3) is 16.9 Å². The second-order valence-electron chi connectivity index (χ2n) is 7.08. The Balaban J connectivity index is 2.06. The van der Waals surface area contributed by atoms with Gasteiger partial charge in [0.2, 0.25) is 10.0 Å². The number of fused-ring (bicyclic) bond motifs is 3. The lowest BCUT2D eigenvalue weighted by molar-refractivity contribution is -0.123. The van der Waals surface area contributed by atoms with Crippen molar-refractivity contribution in [3.63, 3.8) is 0 Å². The monoisotopic (exact) mass is 396 g/mol. The summed E-state index contributed by atoms with van der Waals surface area (Å²) >= 11 is 1.25. The van der Waals surface area contributed by atoms with Crippen molar-refractivity contribution >= 4 is 44.5 Å². The van der Waals surface area contributed by atoms with Gasteiger partial charge in [0.25, 0.3) is 0 Å². The van der Waals surface area contributed by atoms with Crippen LogP contribution < -0.4 is 0 Å². The first kappa shape index (κ1) is 18.9. The molecule has 0 amide bonds. The molecule has 0 aliphatic rings. The number of carbonyl (C=O) groups is 1. The molecule has 0 bridgehead atoms. The van der Waals surface area contributed by atoms with Crippen LogP contribution in [-0.4, -0.2) is 53.0 Å². The minimum atomic E-state index is -3.58. The van der Waals surface area contributed by atoms with Crippen LogP contribution in [0, 0.1) is 5.41 Å². The molecular formula is C16H20N4O4S2. The molecule has 1 aromatic carbocycles. The predicted molar refractivity (Wildman–Crippen MR) is 98.8 cm³/mol. The normalized spacial score (nSPS) is 13.2. The lowest BCUT2D eigenvalue weighted by atomic mass is 9.92.